The Balaban J connectivity index is 3.03. The molecule has 1 rings (SSSR count). The third kappa shape index (κ3) is 4.58. The lowest BCUT2D eigenvalue weighted by molar-refractivity contribution is -0.138. The minimum absolute atomic E-state index is 0.119. The molecule has 6 nitrogen and oxygen atoms in total. The van der Waals surface area contributed by atoms with Crippen LogP contribution in [0.4, 0.5) is 0 Å². The van der Waals surface area contributed by atoms with Crippen LogP contribution in [0.1, 0.15) is 10.4 Å². The first-order chi connectivity index (χ1) is 10.1. The molecule has 110 valence electrons. The van der Waals surface area contributed by atoms with Crippen molar-refractivity contribution in [1.82, 2.24) is 0 Å². The van der Waals surface area contributed by atoms with Crippen LogP contribution in [-0.4, -0.2) is 32.8 Å². The zero-order valence-electron chi connectivity index (χ0n) is 11.6. The fraction of sp³-hybridized carbons (Fsp3) is 0.200. The van der Waals surface area contributed by atoms with Crippen LogP contribution in [0.2, 0.25) is 0 Å². The minimum atomic E-state index is -0.747. The van der Waals surface area contributed by atoms with Crippen molar-refractivity contribution < 1.29 is 28.5 Å². The third-order valence-electron chi connectivity index (χ3n) is 2.22. The van der Waals surface area contributed by atoms with Crippen molar-refractivity contribution in [1.29, 1.82) is 0 Å². The highest BCUT2D eigenvalue weighted by Gasteiger charge is 2.18. The maximum atomic E-state index is 11.8. The number of ether oxygens (including phenoxy) is 4. The minimum Gasteiger partial charge on any atom is -0.500 e. The zero-order valence-corrected chi connectivity index (χ0v) is 11.6. The largest absolute Gasteiger partial charge is 0.500 e. The standard InChI is InChI=1S/C15H14O6/c1-4-9-20-14(16)11-7-5-6-8-12(11)21-13(10-18-2)15(17)19-3/h1,5-8,10H,9H2,2-3H3/b13-10+. The van der Waals surface area contributed by atoms with Crippen LogP contribution in [0.3, 0.4) is 0 Å². The van der Waals surface area contributed by atoms with E-state index in [4.69, 9.17) is 20.6 Å². The summed E-state index contributed by atoms with van der Waals surface area (Å²) in [6.45, 7) is -0.162. The van der Waals surface area contributed by atoms with Crippen LogP contribution in [0.15, 0.2) is 36.3 Å². The van der Waals surface area contributed by atoms with Gasteiger partial charge in [-0.05, 0) is 12.1 Å². The third-order valence-corrected chi connectivity index (χ3v) is 2.22. The van der Waals surface area contributed by atoms with Crippen LogP contribution < -0.4 is 4.74 Å². The summed E-state index contributed by atoms with van der Waals surface area (Å²) < 4.78 is 19.5. The number of carbonyl (C=O) groups excluding carboxylic acids is 2. The number of para-hydroxylation sites is 1. The maximum absolute atomic E-state index is 11.8. The van der Waals surface area contributed by atoms with Crippen LogP contribution in [0.5, 0.6) is 5.75 Å². The molecule has 1 aromatic rings. The predicted octanol–water partition coefficient (Wildman–Crippen LogP) is 1.52. The van der Waals surface area contributed by atoms with Crippen molar-refractivity contribution in [2.45, 2.75) is 0 Å². The summed E-state index contributed by atoms with van der Waals surface area (Å²) in [6.07, 6.45) is 6.09. The quantitative estimate of drug-likeness (QED) is 0.342. The fourth-order valence-corrected chi connectivity index (χ4v) is 1.35. The Morgan fingerprint density at radius 3 is 2.62 bits per heavy atom. The molecule has 0 atom stereocenters. The maximum Gasteiger partial charge on any atom is 0.377 e. The van der Waals surface area contributed by atoms with Crippen molar-refractivity contribution in [2.75, 3.05) is 20.8 Å². The van der Waals surface area contributed by atoms with Gasteiger partial charge in [-0.1, -0.05) is 18.1 Å². The number of rotatable bonds is 6. The molecule has 6 heteroatoms. The molecule has 0 aromatic heterocycles. The number of carbonyl (C=O) groups is 2. The molecule has 0 heterocycles. The van der Waals surface area contributed by atoms with Gasteiger partial charge in [-0.3, -0.25) is 0 Å². The summed E-state index contributed by atoms with van der Waals surface area (Å²) in [4.78, 5) is 23.4. The van der Waals surface area contributed by atoms with E-state index in [2.05, 4.69) is 10.7 Å². The van der Waals surface area contributed by atoms with Gasteiger partial charge in [0.25, 0.3) is 0 Å². The summed E-state index contributed by atoms with van der Waals surface area (Å²) in [5, 5.41) is 0. The highest BCUT2D eigenvalue weighted by Crippen LogP contribution is 2.21. The number of terminal acetylenes is 1. The molecular weight excluding hydrogens is 276 g/mol. The van der Waals surface area contributed by atoms with E-state index in [9.17, 15) is 9.59 Å². The number of methoxy groups -OCH3 is 2. The molecule has 1 aromatic carbocycles. The van der Waals surface area contributed by atoms with Crippen molar-refractivity contribution in [2.24, 2.45) is 0 Å². The lowest BCUT2D eigenvalue weighted by Crippen LogP contribution is -2.14. The number of esters is 2. The van der Waals surface area contributed by atoms with Gasteiger partial charge in [-0.25, -0.2) is 9.59 Å². The Morgan fingerprint density at radius 2 is 2.00 bits per heavy atom. The van der Waals surface area contributed by atoms with Crippen molar-refractivity contribution in [3.8, 4) is 18.1 Å². The highest BCUT2D eigenvalue weighted by molar-refractivity contribution is 5.93. The second-order valence-corrected chi connectivity index (χ2v) is 3.59. The smallest absolute Gasteiger partial charge is 0.377 e. The molecule has 0 unspecified atom stereocenters. The molecule has 0 aliphatic heterocycles. The summed E-state index contributed by atoms with van der Waals surface area (Å²) in [6, 6.07) is 6.24. The molecule has 0 aliphatic carbocycles. The van der Waals surface area contributed by atoms with Gasteiger partial charge in [-0.15, -0.1) is 6.42 Å². The van der Waals surface area contributed by atoms with E-state index in [1.54, 1.807) is 12.1 Å². The average Bonchev–Trinajstić information content (AvgIpc) is 2.51. The first-order valence-electron chi connectivity index (χ1n) is 5.82. The molecule has 0 saturated carbocycles. The van der Waals surface area contributed by atoms with Crippen LogP contribution in [0.25, 0.3) is 0 Å². The van der Waals surface area contributed by atoms with Crippen molar-refractivity contribution in [3.63, 3.8) is 0 Å². The van der Waals surface area contributed by atoms with Gasteiger partial charge in [0.2, 0.25) is 5.76 Å². The Labute approximate surface area is 122 Å². The summed E-state index contributed by atoms with van der Waals surface area (Å²) in [5.41, 5.74) is 0.124. The van der Waals surface area contributed by atoms with Gasteiger partial charge in [0.05, 0.1) is 14.2 Å². The summed E-state index contributed by atoms with van der Waals surface area (Å²) >= 11 is 0. The van der Waals surface area contributed by atoms with Gasteiger partial charge >= 0.3 is 11.9 Å². The number of benzene rings is 1. The second kappa shape index (κ2) is 8.27. The first-order valence-corrected chi connectivity index (χ1v) is 5.82. The van der Waals surface area contributed by atoms with Crippen molar-refractivity contribution in [3.05, 3.63) is 41.9 Å². The van der Waals surface area contributed by atoms with E-state index in [-0.39, 0.29) is 23.7 Å². The molecule has 0 radical (unpaired) electrons. The average molecular weight is 290 g/mol. The first kappa shape index (κ1) is 16.1. The second-order valence-electron chi connectivity index (χ2n) is 3.59. The SMILES string of the molecule is C#CCOC(=O)c1ccccc1O/C(=C/OC)C(=O)OC. The van der Waals surface area contributed by atoms with Crippen molar-refractivity contribution >= 4 is 11.9 Å². The van der Waals surface area contributed by atoms with Crippen LogP contribution >= 0.6 is 0 Å². The summed E-state index contributed by atoms with van der Waals surface area (Å²) in [5.74, 6) is 0.686. The molecule has 0 fully saturated rings. The molecule has 0 saturated heterocycles. The van der Waals surface area contributed by atoms with Gasteiger partial charge in [0.15, 0.2) is 6.61 Å². The number of hydrogen-bond acceptors (Lipinski definition) is 6. The Kier molecular flexibility index (Phi) is 6.35. The Bertz CT molecular complexity index is 582. The van der Waals surface area contributed by atoms with E-state index in [0.29, 0.717) is 0 Å². The lowest BCUT2D eigenvalue weighted by atomic mass is 10.2. The van der Waals surface area contributed by atoms with Crippen LogP contribution in [0, 0.1) is 12.3 Å². The molecule has 0 bridgehead atoms. The van der Waals surface area contributed by atoms with Crippen LogP contribution in [-0.2, 0) is 19.0 Å². The molecule has 0 aliphatic rings. The topological polar surface area (TPSA) is 71.1 Å². The monoisotopic (exact) mass is 290 g/mol. The molecule has 0 N–H and O–H groups in total. The highest BCUT2D eigenvalue weighted by atomic mass is 16.6. The van der Waals surface area contributed by atoms with E-state index in [1.165, 1.54) is 26.4 Å². The zero-order chi connectivity index (χ0) is 15.7. The molecule has 0 spiro atoms. The fourth-order valence-electron chi connectivity index (χ4n) is 1.35. The van der Waals surface area contributed by atoms with Gasteiger partial charge < -0.3 is 18.9 Å². The van der Waals surface area contributed by atoms with Gasteiger partial charge in [-0.2, -0.15) is 0 Å². The van der Waals surface area contributed by atoms with Gasteiger partial charge in [0, 0.05) is 0 Å². The molecule has 0 amide bonds. The number of hydrogen-bond donors (Lipinski definition) is 0. The summed E-state index contributed by atoms with van der Waals surface area (Å²) in [7, 11) is 2.54. The normalized spacial score (nSPS) is 10.2. The van der Waals surface area contributed by atoms with E-state index in [0.717, 1.165) is 6.26 Å². The Hall–Kier alpha value is -2.94. The molecule has 21 heavy (non-hydrogen) atoms. The Morgan fingerprint density at radius 1 is 1.29 bits per heavy atom. The van der Waals surface area contributed by atoms with E-state index in [1.807, 2.05) is 0 Å². The molecular formula is C15H14O6. The van der Waals surface area contributed by atoms with Gasteiger partial charge in [0.1, 0.15) is 17.6 Å². The lowest BCUT2D eigenvalue weighted by Gasteiger charge is -2.11. The predicted molar refractivity (Wildman–Crippen MR) is 73.3 cm³/mol. The van der Waals surface area contributed by atoms with E-state index < -0.39 is 11.9 Å². The van der Waals surface area contributed by atoms with E-state index >= 15 is 0 Å².